The second-order valence-electron chi connectivity index (χ2n) is 3.43. The summed E-state index contributed by atoms with van der Waals surface area (Å²) in [4.78, 5) is -0.564. The third-order valence-electron chi connectivity index (χ3n) is 1.48. The molecule has 152 valence electrons. The number of halogens is 6. The van der Waals surface area contributed by atoms with Gasteiger partial charge in [0.05, 0.1) is 10.5 Å². The molecule has 0 aromatic heterocycles. The first-order valence-corrected chi connectivity index (χ1v) is 7.00. The van der Waals surface area contributed by atoms with Crippen LogP contribution in [0.4, 0.5) is 26.1 Å². The molecule has 20 heteroatoms. The monoisotopic (exact) mass is 426 g/mol. The predicted octanol–water partition coefficient (Wildman–Crippen LogP) is -1.92. The Morgan fingerprint density at radius 2 is 0.963 bits per heavy atom. The van der Waals surface area contributed by atoms with E-state index in [0.29, 0.717) is 24.3 Å². The maximum atomic E-state index is 12.0. The van der Waals surface area contributed by atoms with Crippen LogP contribution in [-0.2, 0) is 16.3 Å². The quantitative estimate of drug-likeness (QED) is 0.154. The predicted molar refractivity (Wildman–Crippen MR) is 82.3 cm³/mol. The van der Waals surface area contributed by atoms with Crippen molar-refractivity contribution in [2.45, 2.75) is 11.1 Å². The third-order valence-corrected chi connectivity index (χ3v) is 2.35. The van der Waals surface area contributed by atoms with E-state index in [2.05, 4.69) is 0 Å². The van der Waals surface area contributed by atoms with Gasteiger partial charge in [0.25, 0.3) is 10.1 Å². The van der Waals surface area contributed by atoms with Gasteiger partial charge in [-0.2, -0.15) is 21.6 Å². The summed E-state index contributed by atoms with van der Waals surface area (Å²) in [6.07, 6.45) is -4.52. The molecule has 7 N–H and O–H groups in total. The molecule has 0 saturated heterocycles. The van der Waals surface area contributed by atoms with Crippen LogP contribution < -0.4 is 0 Å². The Morgan fingerprint density at radius 3 is 1.11 bits per heavy atom. The first-order chi connectivity index (χ1) is 11.4. The van der Waals surface area contributed by atoms with Gasteiger partial charge in [-0.05, 0) is 24.3 Å². The summed E-state index contributed by atoms with van der Waals surface area (Å²) in [5, 5.41) is 41.7. The SMILES string of the molecule is O=S(=O)(O)c1ccc(C(F)(F)F)cc1.OB(O)F.OB(O)F.OB(O)F.[LiH]. The van der Waals surface area contributed by atoms with Gasteiger partial charge in [-0.15, -0.1) is 0 Å². The molecule has 0 aliphatic heterocycles. The number of hydrogen-bond acceptors (Lipinski definition) is 8. The van der Waals surface area contributed by atoms with E-state index < -0.39 is 48.9 Å². The van der Waals surface area contributed by atoms with Gasteiger partial charge in [-0.1, -0.05) is 0 Å². The Bertz CT molecular complexity index is 552. The van der Waals surface area contributed by atoms with Crippen molar-refractivity contribution in [2.75, 3.05) is 0 Å². The summed E-state index contributed by atoms with van der Waals surface area (Å²) in [6.45, 7) is 0. The van der Waals surface area contributed by atoms with E-state index in [1.807, 2.05) is 0 Å². The molecule has 1 aromatic rings. The van der Waals surface area contributed by atoms with Crippen LogP contribution in [0.25, 0.3) is 0 Å². The van der Waals surface area contributed by atoms with Crippen LogP contribution in [0.2, 0.25) is 0 Å². The average molecular weight is 426 g/mol. The number of alkyl halides is 3. The van der Waals surface area contributed by atoms with E-state index in [1.165, 1.54) is 0 Å². The van der Waals surface area contributed by atoms with Gasteiger partial charge in [0.15, 0.2) is 0 Å². The summed E-state index contributed by atoms with van der Waals surface area (Å²) in [5.74, 6) is 0. The van der Waals surface area contributed by atoms with Crippen molar-refractivity contribution >= 4 is 51.2 Å². The zero-order valence-corrected chi connectivity index (χ0v) is 13.0. The van der Waals surface area contributed by atoms with Crippen LogP contribution in [0.1, 0.15) is 5.56 Å². The van der Waals surface area contributed by atoms with Crippen molar-refractivity contribution in [3.63, 3.8) is 0 Å². The molecule has 0 unspecified atom stereocenters. The molecule has 0 bridgehead atoms. The number of benzene rings is 1. The fourth-order valence-corrected chi connectivity index (χ4v) is 1.30. The van der Waals surface area contributed by atoms with Gasteiger partial charge in [0.1, 0.15) is 0 Å². The van der Waals surface area contributed by atoms with Gasteiger partial charge in [-0.3, -0.25) is 17.5 Å². The molecule has 27 heavy (non-hydrogen) atoms. The fourth-order valence-electron chi connectivity index (χ4n) is 0.816. The molecule has 0 fully saturated rings. The van der Waals surface area contributed by atoms with Crippen molar-refractivity contribution in [2.24, 2.45) is 0 Å². The molecule has 0 heterocycles. The van der Waals surface area contributed by atoms with Crippen LogP contribution in [0.15, 0.2) is 29.2 Å². The van der Waals surface area contributed by atoms with Crippen molar-refractivity contribution in [3.05, 3.63) is 29.8 Å². The Kier molecular flexibility index (Phi) is 20.3. The first-order valence-electron chi connectivity index (χ1n) is 5.56. The van der Waals surface area contributed by atoms with Crippen LogP contribution in [-0.4, -0.2) is 84.2 Å². The zero-order valence-electron chi connectivity index (χ0n) is 12.2. The minimum absolute atomic E-state index is 0. The molecule has 0 aliphatic carbocycles. The molecule has 0 saturated carbocycles. The molecule has 0 aliphatic rings. The standard InChI is InChI=1S/C7H5F3O3S.3BFH2O2.Li.H/c8-7(9,10)5-1-3-6(4-2-5)14(11,12)13;3*2-1(3)4;;/h1-4H,(H,11,12,13);3*3-4H;;. The summed E-state index contributed by atoms with van der Waals surface area (Å²) < 4.78 is 95.8. The van der Waals surface area contributed by atoms with Gasteiger partial charge in [0, 0.05) is 0 Å². The van der Waals surface area contributed by atoms with E-state index >= 15 is 0 Å². The van der Waals surface area contributed by atoms with Gasteiger partial charge in [0.2, 0.25) is 0 Å². The summed E-state index contributed by atoms with van der Waals surface area (Å²) in [7, 11) is -12.4. The Labute approximate surface area is 161 Å². The first kappa shape index (κ1) is 33.8. The van der Waals surface area contributed by atoms with Crippen LogP contribution in [0.3, 0.4) is 0 Å². The second-order valence-corrected chi connectivity index (χ2v) is 4.85. The molecule has 9 nitrogen and oxygen atoms in total. The fraction of sp³-hybridized carbons (Fsp3) is 0.143. The number of rotatable bonds is 1. The van der Waals surface area contributed by atoms with E-state index in [-0.39, 0.29) is 18.9 Å². The maximum absolute atomic E-state index is 12.0. The van der Waals surface area contributed by atoms with Crippen molar-refractivity contribution in [3.8, 4) is 0 Å². The summed E-state index contributed by atoms with van der Waals surface area (Å²) in [6, 6.07) is 2.56. The Morgan fingerprint density at radius 1 is 0.741 bits per heavy atom. The Hall–Kier alpha value is -0.738. The van der Waals surface area contributed by atoms with Gasteiger partial charge < -0.3 is 30.1 Å². The zero-order chi connectivity index (χ0) is 21.7. The average Bonchev–Trinajstić information content (AvgIpc) is 2.34. The molecular weight excluding hydrogens is 414 g/mol. The topological polar surface area (TPSA) is 176 Å². The normalized spacial score (nSPS) is 9.67. The summed E-state index contributed by atoms with van der Waals surface area (Å²) >= 11 is 0. The van der Waals surface area contributed by atoms with E-state index in [4.69, 9.17) is 34.7 Å². The minimum atomic E-state index is -4.52. The van der Waals surface area contributed by atoms with Gasteiger partial charge >= 0.3 is 47.2 Å². The molecule has 1 aromatic carbocycles. The van der Waals surface area contributed by atoms with E-state index in [1.54, 1.807) is 0 Å². The second kappa shape index (κ2) is 16.2. The van der Waals surface area contributed by atoms with Crippen molar-refractivity contribution in [1.82, 2.24) is 0 Å². The molecule has 0 radical (unpaired) electrons. The van der Waals surface area contributed by atoms with E-state index in [0.717, 1.165) is 0 Å². The molecule has 0 atom stereocenters. The molecule has 0 amide bonds. The number of hydrogen-bond donors (Lipinski definition) is 7. The van der Waals surface area contributed by atoms with Crippen molar-refractivity contribution < 1.29 is 69.2 Å². The van der Waals surface area contributed by atoms with Crippen molar-refractivity contribution in [1.29, 1.82) is 0 Å². The third kappa shape index (κ3) is 30.2. The van der Waals surface area contributed by atoms with Crippen LogP contribution >= 0.6 is 0 Å². The Balaban J connectivity index is -0.000000169. The van der Waals surface area contributed by atoms with E-state index in [9.17, 15) is 34.5 Å². The molecular formula is C7H12B3F6LiO9S. The molecule has 1 rings (SSSR count). The van der Waals surface area contributed by atoms with Gasteiger partial charge in [-0.25, -0.2) is 0 Å². The summed E-state index contributed by atoms with van der Waals surface area (Å²) in [5.41, 5.74) is -0.968. The molecule has 0 spiro atoms. The van der Waals surface area contributed by atoms with Crippen LogP contribution in [0, 0.1) is 0 Å². The van der Waals surface area contributed by atoms with Crippen LogP contribution in [0.5, 0.6) is 0 Å².